The summed E-state index contributed by atoms with van der Waals surface area (Å²) in [6.45, 7) is 3.08. The van der Waals surface area contributed by atoms with Crippen molar-refractivity contribution in [3.63, 3.8) is 0 Å². The first-order valence-electron chi connectivity index (χ1n) is 6.80. The van der Waals surface area contributed by atoms with E-state index in [-0.39, 0.29) is 11.8 Å². The van der Waals surface area contributed by atoms with Gasteiger partial charge in [0.2, 0.25) is 5.91 Å². The van der Waals surface area contributed by atoms with Crippen molar-refractivity contribution in [2.24, 2.45) is 11.7 Å². The van der Waals surface area contributed by atoms with Gasteiger partial charge >= 0.3 is 0 Å². The topological polar surface area (TPSA) is 64.4 Å². The van der Waals surface area contributed by atoms with Crippen LogP contribution in [0.3, 0.4) is 0 Å². The standard InChI is InChI=1S/C16H20N2O2/c1-12(11-17)16(19)18-9-10-20-15-8-4-6-13-5-2-3-7-14(13)15/h2-8,12H,9-11,17H2,1H3,(H,18,19). The van der Waals surface area contributed by atoms with Crippen LogP contribution in [-0.2, 0) is 4.79 Å². The molecule has 1 unspecified atom stereocenters. The van der Waals surface area contributed by atoms with Gasteiger partial charge in [0.05, 0.1) is 6.54 Å². The number of rotatable bonds is 6. The smallest absolute Gasteiger partial charge is 0.224 e. The Bertz CT molecular complexity index is 578. The summed E-state index contributed by atoms with van der Waals surface area (Å²) in [5, 5.41) is 5.03. The quantitative estimate of drug-likeness (QED) is 0.790. The summed E-state index contributed by atoms with van der Waals surface area (Å²) in [4.78, 5) is 11.6. The van der Waals surface area contributed by atoms with Gasteiger partial charge in [0.15, 0.2) is 0 Å². The number of nitrogens with two attached hydrogens (primary N) is 1. The average Bonchev–Trinajstić information content (AvgIpc) is 2.50. The van der Waals surface area contributed by atoms with Gasteiger partial charge in [0.25, 0.3) is 0 Å². The summed E-state index contributed by atoms with van der Waals surface area (Å²) < 4.78 is 5.74. The lowest BCUT2D eigenvalue weighted by molar-refractivity contribution is -0.124. The lowest BCUT2D eigenvalue weighted by Gasteiger charge is -2.12. The van der Waals surface area contributed by atoms with Crippen molar-refractivity contribution in [2.45, 2.75) is 6.92 Å². The van der Waals surface area contributed by atoms with Gasteiger partial charge in [0, 0.05) is 17.8 Å². The van der Waals surface area contributed by atoms with Crippen LogP contribution in [0.1, 0.15) is 6.92 Å². The van der Waals surface area contributed by atoms with Gasteiger partial charge in [-0.2, -0.15) is 0 Å². The largest absolute Gasteiger partial charge is 0.491 e. The van der Waals surface area contributed by atoms with E-state index in [9.17, 15) is 4.79 Å². The molecule has 0 fully saturated rings. The molecule has 3 N–H and O–H groups in total. The number of hydrogen-bond donors (Lipinski definition) is 2. The van der Waals surface area contributed by atoms with Crippen molar-refractivity contribution >= 4 is 16.7 Å². The van der Waals surface area contributed by atoms with Gasteiger partial charge in [-0.15, -0.1) is 0 Å². The molecule has 0 radical (unpaired) electrons. The Balaban J connectivity index is 1.89. The van der Waals surface area contributed by atoms with Crippen LogP contribution in [0.5, 0.6) is 5.75 Å². The summed E-state index contributed by atoms with van der Waals surface area (Å²) >= 11 is 0. The summed E-state index contributed by atoms with van der Waals surface area (Å²) in [5.74, 6) is 0.644. The minimum atomic E-state index is -0.160. The minimum absolute atomic E-state index is 0.0333. The monoisotopic (exact) mass is 272 g/mol. The van der Waals surface area contributed by atoms with E-state index in [2.05, 4.69) is 5.32 Å². The third-order valence-corrected chi connectivity index (χ3v) is 3.21. The van der Waals surface area contributed by atoms with Crippen molar-refractivity contribution in [3.05, 3.63) is 42.5 Å². The Morgan fingerprint density at radius 2 is 2.00 bits per heavy atom. The molecule has 1 amide bonds. The molecule has 4 nitrogen and oxygen atoms in total. The van der Waals surface area contributed by atoms with Crippen LogP contribution in [-0.4, -0.2) is 25.6 Å². The van der Waals surface area contributed by atoms with Gasteiger partial charge in [-0.05, 0) is 11.5 Å². The van der Waals surface area contributed by atoms with Crippen LogP contribution < -0.4 is 15.8 Å². The van der Waals surface area contributed by atoms with Gasteiger partial charge in [-0.1, -0.05) is 43.3 Å². The molecule has 4 heteroatoms. The SMILES string of the molecule is CC(CN)C(=O)NCCOc1cccc2ccccc12. The Kier molecular flexibility index (Phi) is 4.96. The van der Waals surface area contributed by atoms with E-state index in [1.54, 1.807) is 6.92 Å². The van der Waals surface area contributed by atoms with Gasteiger partial charge < -0.3 is 15.8 Å². The highest BCUT2D eigenvalue weighted by Gasteiger charge is 2.09. The highest BCUT2D eigenvalue weighted by Crippen LogP contribution is 2.24. The lowest BCUT2D eigenvalue weighted by Crippen LogP contribution is -2.35. The molecule has 2 aromatic rings. The Morgan fingerprint density at radius 3 is 2.80 bits per heavy atom. The van der Waals surface area contributed by atoms with Gasteiger partial charge in [-0.25, -0.2) is 0 Å². The van der Waals surface area contributed by atoms with Crippen molar-refractivity contribution in [2.75, 3.05) is 19.7 Å². The van der Waals surface area contributed by atoms with E-state index in [0.717, 1.165) is 16.5 Å². The zero-order valence-electron chi connectivity index (χ0n) is 11.6. The Hall–Kier alpha value is -2.07. The van der Waals surface area contributed by atoms with E-state index in [1.807, 2.05) is 42.5 Å². The predicted octanol–water partition coefficient (Wildman–Crippen LogP) is 1.93. The molecule has 0 bridgehead atoms. The van der Waals surface area contributed by atoms with Gasteiger partial charge in [0.1, 0.15) is 12.4 Å². The van der Waals surface area contributed by atoms with E-state index >= 15 is 0 Å². The molecule has 0 heterocycles. The maximum atomic E-state index is 11.6. The first-order valence-corrected chi connectivity index (χ1v) is 6.80. The maximum Gasteiger partial charge on any atom is 0.224 e. The van der Waals surface area contributed by atoms with E-state index in [1.165, 1.54) is 0 Å². The molecule has 1 atom stereocenters. The maximum absolute atomic E-state index is 11.6. The number of carbonyl (C=O) groups excluding carboxylic acids is 1. The molecule has 20 heavy (non-hydrogen) atoms. The molecule has 0 aliphatic carbocycles. The summed E-state index contributed by atoms with van der Waals surface area (Å²) in [6, 6.07) is 14.0. The second-order valence-electron chi connectivity index (χ2n) is 4.75. The number of fused-ring (bicyclic) bond motifs is 1. The number of hydrogen-bond acceptors (Lipinski definition) is 3. The average molecular weight is 272 g/mol. The molecule has 0 aliphatic rings. The first kappa shape index (κ1) is 14.3. The molecule has 2 aromatic carbocycles. The predicted molar refractivity (Wildman–Crippen MR) is 80.7 cm³/mol. The fourth-order valence-electron chi connectivity index (χ4n) is 1.94. The minimum Gasteiger partial charge on any atom is -0.491 e. The highest BCUT2D eigenvalue weighted by molar-refractivity contribution is 5.88. The summed E-state index contributed by atoms with van der Waals surface area (Å²) in [6.07, 6.45) is 0. The van der Waals surface area contributed by atoms with Crippen molar-refractivity contribution in [1.29, 1.82) is 0 Å². The van der Waals surface area contributed by atoms with Crippen LogP contribution >= 0.6 is 0 Å². The summed E-state index contributed by atoms with van der Waals surface area (Å²) in [7, 11) is 0. The summed E-state index contributed by atoms with van der Waals surface area (Å²) in [5.41, 5.74) is 5.44. The fourth-order valence-corrected chi connectivity index (χ4v) is 1.94. The van der Waals surface area contributed by atoms with Crippen LogP contribution in [0.2, 0.25) is 0 Å². The molecule has 0 saturated carbocycles. The third kappa shape index (κ3) is 3.48. The van der Waals surface area contributed by atoms with Crippen molar-refractivity contribution in [1.82, 2.24) is 5.32 Å². The number of carbonyl (C=O) groups is 1. The number of amides is 1. The van der Waals surface area contributed by atoms with E-state index in [0.29, 0.717) is 19.7 Å². The molecule has 2 rings (SSSR count). The zero-order valence-corrected chi connectivity index (χ0v) is 11.6. The van der Waals surface area contributed by atoms with Crippen LogP contribution in [0.4, 0.5) is 0 Å². The van der Waals surface area contributed by atoms with Crippen LogP contribution in [0, 0.1) is 5.92 Å². The number of benzene rings is 2. The molecular formula is C16H20N2O2. The molecule has 0 aromatic heterocycles. The normalized spacial score (nSPS) is 12.1. The molecular weight excluding hydrogens is 252 g/mol. The molecule has 106 valence electrons. The highest BCUT2D eigenvalue weighted by atomic mass is 16.5. The van der Waals surface area contributed by atoms with Crippen molar-refractivity contribution in [3.8, 4) is 5.75 Å². The van der Waals surface area contributed by atoms with E-state index < -0.39 is 0 Å². The van der Waals surface area contributed by atoms with Crippen molar-refractivity contribution < 1.29 is 9.53 Å². The van der Waals surface area contributed by atoms with Crippen LogP contribution in [0.25, 0.3) is 10.8 Å². The zero-order chi connectivity index (χ0) is 14.4. The van der Waals surface area contributed by atoms with Crippen LogP contribution in [0.15, 0.2) is 42.5 Å². The molecule has 0 aliphatic heterocycles. The number of nitrogens with one attached hydrogen (secondary N) is 1. The molecule has 0 spiro atoms. The fraction of sp³-hybridized carbons (Fsp3) is 0.312. The van der Waals surface area contributed by atoms with E-state index in [4.69, 9.17) is 10.5 Å². The molecule has 0 saturated heterocycles. The third-order valence-electron chi connectivity index (χ3n) is 3.21. The lowest BCUT2D eigenvalue weighted by atomic mass is 10.1. The second kappa shape index (κ2) is 6.91. The second-order valence-corrected chi connectivity index (χ2v) is 4.75. The number of ether oxygens (including phenoxy) is 1. The van der Waals surface area contributed by atoms with Gasteiger partial charge in [-0.3, -0.25) is 4.79 Å². The first-order chi connectivity index (χ1) is 9.72. The Labute approximate surface area is 118 Å². The Morgan fingerprint density at radius 1 is 1.25 bits per heavy atom.